The van der Waals surface area contributed by atoms with Crippen LogP contribution in [-0.4, -0.2) is 9.97 Å². The molecule has 0 atom stereocenters. The van der Waals surface area contributed by atoms with Crippen LogP contribution in [0.25, 0.3) is 22.5 Å². The fourth-order valence-electron chi connectivity index (χ4n) is 6.63. The van der Waals surface area contributed by atoms with E-state index in [1.54, 1.807) is 0 Å². The number of rotatable bonds is 22. The number of nitrogens with zero attached hydrogens (tertiary/aromatic N) is 2. The maximum absolute atomic E-state index is 5.14. The van der Waals surface area contributed by atoms with Crippen molar-refractivity contribution in [1.29, 1.82) is 0 Å². The lowest BCUT2D eigenvalue weighted by Crippen LogP contribution is -2.01. The third-order valence-corrected chi connectivity index (χ3v) is 9.53. The van der Waals surface area contributed by atoms with Crippen molar-refractivity contribution in [1.82, 2.24) is 9.97 Å². The van der Waals surface area contributed by atoms with E-state index in [9.17, 15) is 0 Å². The summed E-state index contributed by atoms with van der Waals surface area (Å²) in [6.07, 6.45) is 29.3. The molecular formula is C42H64N2. The van der Waals surface area contributed by atoms with E-state index in [4.69, 9.17) is 9.97 Å². The largest absolute Gasteiger partial charge is 0.252 e. The van der Waals surface area contributed by atoms with E-state index >= 15 is 0 Å². The monoisotopic (exact) mass is 597 g/mol. The first-order chi connectivity index (χ1) is 21.5. The van der Waals surface area contributed by atoms with Crippen LogP contribution in [0.5, 0.6) is 0 Å². The predicted molar refractivity (Wildman–Crippen MR) is 194 cm³/mol. The van der Waals surface area contributed by atoms with Gasteiger partial charge in [0.15, 0.2) is 0 Å². The van der Waals surface area contributed by atoms with Crippen LogP contribution in [-0.2, 0) is 25.7 Å². The van der Waals surface area contributed by atoms with Crippen molar-refractivity contribution in [3.63, 3.8) is 0 Å². The molecule has 0 saturated heterocycles. The summed E-state index contributed by atoms with van der Waals surface area (Å²) in [6.45, 7) is 13.8. The molecule has 1 heterocycles. The van der Waals surface area contributed by atoms with Gasteiger partial charge in [0, 0.05) is 11.1 Å². The highest BCUT2D eigenvalue weighted by atomic mass is 14.8. The summed E-state index contributed by atoms with van der Waals surface area (Å²) in [6, 6.07) is 9.84. The van der Waals surface area contributed by atoms with E-state index in [-0.39, 0.29) is 0 Å². The van der Waals surface area contributed by atoms with E-state index in [1.165, 1.54) is 147 Å². The van der Waals surface area contributed by atoms with Gasteiger partial charge in [0.1, 0.15) is 0 Å². The number of hydrogen-bond donors (Lipinski definition) is 0. The molecule has 44 heavy (non-hydrogen) atoms. The van der Waals surface area contributed by atoms with Gasteiger partial charge in [0.05, 0.1) is 23.8 Å². The molecular weight excluding hydrogens is 532 g/mol. The molecule has 0 saturated carbocycles. The Hall–Kier alpha value is -2.48. The molecule has 2 nitrogen and oxygen atoms in total. The maximum atomic E-state index is 5.14. The molecule has 1 aromatic heterocycles. The minimum absolute atomic E-state index is 1.03. The topological polar surface area (TPSA) is 25.8 Å². The molecule has 0 N–H and O–H groups in total. The molecule has 3 rings (SSSR count). The van der Waals surface area contributed by atoms with Crippen molar-refractivity contribution in [2.45, 2.75) is 170 Å². The van der Waals surface area contributed by atoms with Gasteiger partial charge in [0.2, 0.25) is 0 Å². The minimum Gasteiger partial charge on any atom is -0.252 e. The third-order valence-electron chi connectivity index (χ3n) is 9.53. The fourth-order valence-corrected chi connectivity index (χ4v) is 6.63. The molecule has 0 radical (unpaired) electrons. The van der Waals surface area contributed by atoms with Crippen LogP contribution < -0.4 is 0 Å². The molecule has 0 bridgehead atoms. The van der Waals surface area contributed by atoms with Crippen molar-refractivity contribution < 1.29 is 0 Å². The Bertz CT molecular complexity index is 1130. The van der Waals surface area contributed by atoms with Crippen LogP contribution in [0.1, 0.15) is 164 Å². The lowest BCUT2D eigenvalue weighted by molar-refractivity contribution is 0.662. The van der Waals surface area contributed by atoms with E-state index in [1.807, 2.05) is 0 Å². The highest BCUT2D eigenvalue weighted by Gasteiger charge is 2.15. The summed E-state index contributed by atoms with van der Waals surface area (Å²) < 4.78 is 0. The first kappa shape index (κ1) is 36.0. The molecule has 0 amide bonds. The maximum Gasteiger partial charge on any atom is 0.0888 e. The zero-order chi connectivity index (χ0) is 31.6. The number of aromatic nitrogens is 2. The highest BCUT2D eigenvalue weighted by Crippen LogP contribution is 2.32. The Morgan fingerprint density at radius 1 is 0.386 bits per heavy atom. The van der Waals surface area contributed by atoms with Crippen molar-refractivity contribution in [3.8, 4) is 22.5 Å². The van der Waals surface area contributed by atoms with Gasteiger partial charge < -0.3 is 0 Å². The normalized spacial score (nSPS) is 11.4. The average Bonchev–Trinajstić information content (AvgIpc) is 3.03. The smallest absolute Gasteiger partial charge is 0.0888 e. The Kier molecular flexibility index (Phi) is 16.8. The van der Waals surface area contributed by atoms with Gasteiger partial charge in [-0.05, 0) is 111 Å². The second-order valence-electron chi connectivity index (χ2n) is 13.4. The van der Waals surface area contributed by atoms with Gasteiger partial charge >= 0.3 is 0 Å². The van der Waals surface area contributed by atoms with Gasteiger partial charge in [-0.3, -0.25) is 9.97 Å². The standard InChI is InChI=1S/C42H64N2/c1-7-11-15-19-23-35-29-39(37(27-33(35)5)25-21-17-13-9-3)41-31-44-42(32-43-41)40-30-36(24-20-16-12-8-2)34(6)28-38(40)26-22-18-14-10-4/h27-32H,7-26H2,1-6H3. The summed E-state index contributed by atoms with van der Waals surface area (Å²) in [7, 11) is 0. The molecule has 0 fully saturated rings. The Balaban J connectivity index is 1.94. The summed E-state index contributed by atoms with van der Waals surface area (Å²) in [5, 5.41) is 0. The van der Waals surface area contributed by atoms with Crippen LogP contribution >= 0.6 is 0 Å². The molecule has 0 spiro atoms. The van der Waals surface area contributed by atoms with Gasteiger partial charge in [-0.25, -0.2) is 0 Å². The summed E-state index contributed by atoms with van der Waals surface area (Å²) >= 11 is 0. The summed E-state index contributed by atoms with van der Waals surface area (Å²) in [5.74, 6) is 0. The summed E-state index contributed by atoms with van der Waals surface area (Å²) in [5.41, 5.74) is 13.4. The third kappa shape index (κ3) is 11.5. The average molecular weight is 597 g/mol. The summed E-state index contributed by atoms with van der Waals surface area (Å²) in [4.78, 5) is 10.3. The Morgan fingerprint density at radius 3 is 1.00 bits per heavy atom. The van der Waals surface area contributed by atoms with Crippen LogP contribution in [0.15, 0.2) is 36.7 Å². The van der Waals surface area contributed by atoms with Crippen LogP contribution in [0.4, 0.5) is 0 Å². The second-order valence-corrected chi connectivity index (χ2v) is 13.4. The lowest BCUT2D eigenvalue weighted by Gasteiger charge is -2.17. The molecule has 0 aliphatic carbocycles. The first-order valence-electron chi connectivity index (χ1n) is 18.6. The van der Waals surface area contributed by atoms with E-state index in [0.717, 1.165) is 37.1 Å². The lowest BCUT2D eigenvalue weighted by atomic mass is 9.91. The van der Waals surface area contributed by atoms with Crippen LogP contribution in [0.2, 0.25) is 0 Å². The van der Waals surface area contributed by atoms with Crippen LogP contribution in [0, 0.1) is 13.8 Å². The molecule has 0 unspecified atom stereocenters. The zero-order valence-electron chi connectivity index (χ0n) is 29.5. The van der Waals surface area contributed by atoms with Gasteiger partial charge in [-0.2, -0.15) is 0 Å². The molecule has 2 aromatic carbocycles. The molecule has 0 aliphatic rings. The van der Waals surface area contributed by atoms with Crippen molar-refractivity contribution >= 4 is 0 Å². The fraction of sp³-hybridized carbons (Fsp3) is 0.619. The van der Waals surface area contributed by atoms with E-state index in [0.29, 0.717) is 0 Å². The van der Waals surface area contributed by atoms with E-state index in [2.05, 4.69) is 78.2 Å². The Morgan fingerprint density at radius 2 is 0.705 bits per heavy atom. The zero-order valence-corrected chi connectivity index (χ0v) is 29.5. The molecule has 3 aromatic rings. The second kappa shape index (κ2) is 20.5. The number of aryl methyl sites for hydroxylation is 6. The van der Waals surface area contributed by atoms with Crippen molar-refractivity contribution in [3.05, 3.63) is 70.0 Å². The van der Waals surface area contributed by atoms with Crippen molar-refractivity contribution in [2.75, 3.05) is 0 Å². The van der Waals surface area contributed by atoms with Gasteiger partial charge in [0.25, 0.3) is 0 Å². The quantitative estimate of drug-likeness (QED) is 0.108. The Labute approximate surface area is 271 Å². The predicted octanol–water partition coefficient (Wildman–Crippen LogP) is 12.9. The minimum atomic E-state index is 1.03. The molecule has 0 aliphatic heterocycles. The van der Waals surface area contributed by atoms with Crippen molar-refractivity contribution in [2.24, 2.45) is 0 Å². The van der Waals surface area contributed by atoms with E-state index < -0.39 is 0 Å². The number of hydrogen-bond acceptors (Lipinski definition) is 2. The number of benzene rings is 2. The van der Waals surface area contributed by atoms with Gasteiger partial charge in [-0.1, -0.05) is 117 Å². The highest BCUT2D eigenvalue weighted by molar-refractivity contribution is 5.69. The molecule has 242 valence electrons. The molecule has 2 heteroatoms. The van der Waals surface area contributed by atoms with Gasteiger partial charge in [-0.15, -0.1) is 0 Å². The number of unbranched alkanes of at least 4 members (excludes halogenated alkanes) is 12. The first-order valence-corrected chi connectivity index (χ1v) is 18.6. The SMILES string of the molecule is CCCCCCc1cc(-c2cnc(-c3cc(CCCCCC)c(C)cc3CCCCCC)cn2)c(CCCCCC)cc1C. The van der Waals surface area contributed by atoms with Crippen LogP contribution in [0.3, 0.4) is 0 Å².